The average molecular weight is 448 g/mol. The molecule has 0 radical (unpaired) electrons. The number of fused-ring (bicyclic) bond motifs is 1. The summed E-state index contributed by atoms with van der Waals surface area (Å²) in [6, 6.07) is 14.4. The number of nitrogens with one attached hydrogen (secondary N) is 2. The Morgan fingerprint density at radius 3 is 2.31 bits per heavy atom. The molecule has 4 aromatic rings. The summed E-state index contributed by atoms with van der Waals surface area (Å²) in [5, 5.41) is 7.36. The Morgan fingerprint density at radius 1 is 0.969 bits per heavy atom. The van der Waals surface area contributed by atoms with Crippen molar-refractivity contribution in [3.8, 4) is 10.6 Å². The van der Waals surface area contributed by atoms with Crippen molar-refractivity contribution < 1.29 is 9.59 Å². The molecule has 0 aliphatic heterocycles. The predicted molar refractivity (Wildman–Crippen MR) is 124 cm³/mol. The fourth-order valence-corrected chi connectivity index (χ4v) is 3.97. The van der Waals surface area contributed by atoms with Crippen LogP contribution in [0.15, 0.2) is 58.7 Å². The van der Waals surface area contributed by atoms with Gasteiger partial charge in [0.25, 0.3) is 17.4 Å². The third kappa shape index (κ3) is 4.15. The molecule has 4 rings (SSSR count). The molecule has 0 saturated heterocycles. The van der Waals surface area contributed by atoms with Gasteiger partial charge in [0.05, 0.1) is 11.4 Å². The summed E-state index contributed by atoms with van der Waals surface area (Å²) >= 11 is 1.34. The van der Waals surface area contributed by atoms with E-state index in [0.717, 1.165) is 11.1 Å². The fraction of sp³-hybridized carbons (Fsp3) is 0.174. The molecule has 0 aliphatic rings. The minimum Gasteiger partial charge on any atom is -0.267 e. The molecule has 8 nitrogen and oxygen atoms in total. The number of benzene rings is 2. The van der Waals surface area contributed by atoms with Gasteiger partial charge in [-0.05, 0) is 26.8 Å². The zero-order valence-electron chi connectivity index (χ0n) is 17.7. The van der Waals surface area contributed by atoms with Crippen molar-refractivity contribution in [2.24, 2.45) is 0 Å². The van der Waals surface area contributed by atoms with E-state index in [1.807, 2.05) is 31.2 Å². The molecule has 2 heterocycles. The molecule has 0 spiro atoms. The number of rotatable bonds is 4. The molecule has 9 heteroatoms. The maximum absolute atomic E-state index is 12.8. The zero-order valence-corrected chi connectivity index (χ0v) is 18.6. The molecule has 2 amide bonds. The Morgan fingerprint density at radius 2 is 1.62 bits per heavy atom. The molecule has 32 heavy (non-hydrogen) atoms. The highest BCUT2D eigenvalue weighted by molar-refractivity contribution is 7.13. The number of carbonyl (C=O) groups excluding carboxylic acids is 2. The van der Waals surface area contributed by atoms with Gasteiger partial charge in [-0.2, -0.15) is 5.10 Å². The summed E-state index contributed by atoms with van der Waals surface area (Å²) in [6.07, 6.45) is 0. The van der Waals surface area contributed by atoms with E-state index in [9.17, 15) is 14.4 Å². The van der Waals surface area contributed by atoms with Crippen molar-refractivity contribution in [3.63, 3.8) is 0 Å². The van der Waals surface area contributed by atoms with Crippen LogP contribution in [0.4, 0.5) is 0 Å². The second kappa shape index (κ2) is 8.72. The molecule has 0 fully saturated rings. The summed E-state index contributed by atoms with van der Waals surface area (Å²) < 4.78 is 1.26. The van der Waals surface area contributed by atoms with E-state index in [1.165, 1.54) is 16.0 Å². The Labute approximate surface area is 187 Å². The van der Waals surface area contributed by atoms with Crippen molar-refractivity contribution in [3.05, 3.63) is 81.2 Å². The van der Waals surface area contributed by atoms with Crippen LogP contribution in [0.5, 0.6) is 0 Å². The number of thiazole rings is 1. The SMILES string of the molecule is Cc1ccc(-c2nc(C(=O)NNC(=O)c3nn(C(C)C)c(=O)c4ccccc34)cs2)cc1. The lowest BCUT2D eigenvalue weighted by Crippen LogP contribution is -2.43. The Kier molecular flexibility index (Phi) is 5.83. The predicted octanol–water partition coefficient (Wildman–Crippen LogP) is 3.48. The Hall–Kier alpha value is -3.85. The second-order valence-electron chi connectivity index (χ2n) is 7.55. The van der Waals surface area contributed by atoms with E-state index in [-0.39, 0.29) is 23.0 Å². The quantitative estimate of drug-likeness (QED) is 0.466. The fourth-order valence-electron chi connectivity index (χ4n) is 3.17. The van der Waals surface area contributed by atoms with Crippen molar-refractivity contribution >= 4 is 33.9 Å². The molecule has 0 bridgehead atoms. The van der Waals surface area contributed by atoms with Crippen LogP contribution in [0.2, 0.25) is 0 Å². The average Bonchev–Trinajstić information content (AvgIpc) is 3.28. The number of amides is 2. The van der Waals surface area contributed by atoms with Gasteiger partial charge in [0.15, 0.2) is 5.69 Å². The summed E-state index contributed by atoms with van der Waals surface area (Å²) in [5.41, 5.74) is 6.77. The van der Waals surface area contributed by atoms with E-state index in [1.54, 1.807) is 43.5 Å². The highest BCUT2D eigenvalue weighted by Crippen LogP contribution is 2.24. The highest BCUT2D eigenvalue weighted by atomic mass is 32.1. The third-order valence-electron chi connectivity index (χ3n) is 4.86. The van der Waals surface area contributed by atoms with Gasteiger partial charge in [-0.15, -0.1) is 11.3 Å². The highest BCUT2D eigenvalue weighted by Gasteiger charge is 2.19. The van der Waals surface area contributed by atoms with Gasteiger partial charge in [-0.25, -0.2) is 9.67 Å². The normalized spacial score (nSPS) is 11.0. The van der Waals surface area contributed by atoms with Gasteiger partial charge in [-0.1, -0.05) is 48.0 Å². The molecule has 0 saturated carbocycles. The van der Waals surface area contributed by atoms with E-state index >= 15 is 0 Å². The molecule has 162 valence electrons. The van der Waals surface area contributed by atoms with Crippen molar-refractivity contribution in [2.45, 2.75) is 26.8 Å². The summed E-state index contributed by atoms with van der Waals surface area (Å²) in [6.45, 7) is 5.61. The number of aromatic nitrogens is 3. The lowest BCUT2D eigenvalue weighted by atomic mass is 10.1. The first-order valence-electron chi connectivity index (χ1n) is 10.00. The van der Waals surface area contributed by atoms with E-state index < -0.39 is 11.8 Å². The first-order chi connectivity index (χ1) is 15.3. The molecule has 0 atom stereocenters. The number of nitrogens with zero attached hydrogens (tertiary/aromatic N) is 3. The lowest BCUT2D eigenvalue weighted by Gasteiger charge is -2.13. The number of hydrogen-bond acceptors (Lipinski definition) is 6. The van der Waals surface area contributed by atoms with Gasteiger partial charge < -0.3 is 0 Å². The zero-order chi connectivity index (χ0) is 22.8. The van der Waals surface area contributed by atoms with Crippen LogP contribution < -0.4 is 16.4 Å². The third-order valence-corrected chi connectivity index (χ3v) is 5.75. The Bertz CT molecular complexity index is 1370. The number of hydrogen-bond donors (Lipinski definition) is 2. The molecule has 0 aliphatic carbocycles. The van der Waals surface area contributed by atoms with Gasteiger partial charge in [-0.3, -0.25) is 25.2 Å². The van der Waals surface area contributed by atoms with Crippen LogP contribution in [-0.2, 0) is 0 Å². The summed E-state index contributed by atoms with van der Waals surface area (Å²) in [4.78, 5) is 42.3. The standard InChI is InChI=1S/C23H21N5O3S/c1-13(2)28-23(31)17-7-5-4-6-16(17)19(27-28)21(30)26-25-20(29)18-12-32-22(24-18)15-10-8-14(3)9-11-15/h4-13H,1-3H3,(H,25,29)(H,26,30). The van der Waals surface area contributed by atoms with Crippen LogP contribution in [0.3, 0.4) is 0 Å². The summed E-state index contributed by atoms with van der Waals surface area (Å²) in [7, 11) is 0. The van der Waals surface area contributed by atoms with Crippen molar-refractivity contribution in [1.82, 2.24) is 25.6 Å². The van der Waals surface area contributed by atoms with Crippen LogP contribution >= 0.6 is 11.3 Å². The van der Waals surface area contributed by atoms with Crippen molar-refractivity contribution in [2.75, 3.05) is 0 Å². The van der Waals surface area contributed by atoms with E-state index in [4.69, 9.17) is 0 Å². The molecular formula is C23H21N5O3S. The molecule has 2 aromatic carbocycles. The number of carbonyl (C=O) groups is 2. The van der Waals surface area contributed by atoms with Gasteiger partial charge in [0, 0.05) is 16.3 Å². The molecule has 2 aromatic heterocycles. The molecule has 2 N–H and O–H groups in total. The van der Waals surface area contributed by atoms with Crippen molar-refractivity contribution in [1.29, 1.82) is 0 Å². The van der Waals surface area contributed by atoms with Gasteiger partial charge in [0.1, 0.15) is 10.7 Å². The van der Waals surface area contributed by atoms with E-state index in [2.05, 4.69) is 20.9 Å². The van der Waals surface area contributed by atoms with Crippen LogP contribution in [0.1, 0.15) is 46.4 Å². The monoisotopic (exact) mass is 447 g/mol. The largest absolute Gasteiger partial charge is 0.290 e. The topological polar surface area (TPSA) is 106 Å². The first kappa shape index (κ1) is 21.4. The van der Waals surface area contributed by atoms with Crippen LogP contribution in [0.25, 0.3) is 21.3 Å². The smallest absolute Gasteiger partial charge is 0.267 e. The van der Waals surface area contributed by atoms with E-state index in [0.29, 0.717) is 15.8 Å². The summed E-state index contributed by atoms with van der Waals surface area (Å²) in [5.74, 6) is -1.17. The lowest BCUT2D eigenvalue weighted by molar-refractivity contribution is 0.0841. The number of aryl methyl sites for hydroxylation is 1. The first-order valence-corrected chi connectivity index (χ1v) is 10.9. The van der Waals surface area contributed by atoms with Gasteiger partial charge in [0.2, 0.25) is 0 Å². The Balaban J connectivity index is 1.54. The maximum Gasteiger partial charge on any atom is 0.290 e. The van der Waals surface area contributed by atoms with Crippen LogP contribution in [0, 0.1) is 6.92 Å². The number of hydrazine groups is 1. The molecular weight excluding hydrogens is 426 g/mol. The minimum atomic E-state index is -0.627. The minimum absolute atomic E-state index is 0.0489. The molecule has 0 unspecified atom stereocenters. The van der Waals surface area contributed by atoms with Crippen LogP contribution in [-0.4, -0.2) is 26.6 Å². The second-order valence-corrected chi connectivity index (χ2v) is 8.41. The van der Waals surface area contributed by atoms with Gasteiger partial charge >= 0.3 is 0 Å². The maximum atomic E-state index is 12.8.